The molecule has 1 aromatic heterocycles. The standard InChI is InChI=1S/C20H19F2N3O5/c1-2-24-14-8-30-9-15(14)25-7-12(17(26)18(27)16(25)20(24)29)19(28)23-6-10-3-4-11(21)5-13(10)22/h3-5,7,14-15,27H,2,6,8-9H2,1H3,(H,23,28). The van der Waals surface area contributed by atoms with Crippen LogP contribution in [0.15, 0.2) is 29.2 Å². The van der Waals surface area contributed by atoms with Crippen LogP contribution in [-0.2, 0) is 11.3 Å². The zero-order valence-corrected chi connectivity index (χ0v) is 16.0. The average molecular weight is 419 g/mol. The fraction of sp³-hybridized carbons (Fsp3) is 0.350. The van der Waals surface area contributed by atoms with Crippen LogP contribution >= 0.6 is 0 Å². The molecule has 1 fully saturated rings. The Hall–Kier alpha value is -3.27. The van der Waals surface area contributed by atoms with Gasteiger partial charge in [0.15, 0.2) is 11.4 Å². The molecule has 8 nitrogen and oxygen atoms in total. The van der Waals surface area contributed by atoms with E-state index in [9.17, 15) is 28.3 Å². The number of nitrogens with one attached hydrogen (secondary N) is 1. The van der Waals surface area contributed by atoms with Crippen molar-refractivity contribution in [3.63, 3.8) is 0 Å². The van der Waals surface area contributed by atoms with Crippen LogP contribution in [0, 0.1) is 11.6 Å². The van der Waals surface area contributed by atoms with Gasteiger partial charge in [-0.3, -0.25) is 14.4 Å². The number of likely N-dealkylation sites (N-methyl/N-ethyl adjacent to an activating group) is 1. The van der Waals surface area contributed by atoms with E-state index in [1.807, 2.05) is 0 Å². The lowest BCUT2D eigenvalue weighted by Crippen LogP contribution is -2.51. The number of halogens is 2. The van der Waals surface area contributed by atoms with E-state index in [-0.39, 0.29) is 42.1 Å². The number of rotatable bonds is 4. The summed E-state index contributed by atoms with van der Waals surface area (Å²) in [5.74, 6) is -3.77. The van der Waals surface area contributed by atoms with Gasteiger partial charge in [-0.15, -0.1) is 0 Å². The highest BCUT2D eigenvalue weighted by Crippen LogP contribution is 2.34. The minimum absolute atomic E-state index is 0.0325. The number of fused-ring (bicyclic) bond motifs is 3. The van der Waals surface area contributed by atoms with Gasteiger partial charge in [0.1, 0.15) is 17.2 Å². The fourth-order valence-electron chi connectivity index (χ4n) is 3.95. The summed E-state index contributed by atoms with van der Waals surface area (Å²) in [6.07, 6.45) is 1.23. The predicted molar refractivity (Wildman–Crippen MR) is 100 cm³/mol. The SMILES string of the molecule is CCN1C(=O)c2c(O)c(=O)c(C(=O)NCc3ccc(F)cc3F)cn2C2COCC21. The third-order valence-electron chi connectivity index (χ3n) is 5.49. The lowest BCUT2D eigenvalue weighted by Gasteiger charge is -2.38. The van der Waals surface area contributed by atoms with E-state index in [0.717, 1.165) is 6.07 Å². The molecular formula is C20H19F2N3O5. The maximum absolute atomic E-state index is 13.8. The molecule has 2 aromatic rings. The smallest absolute Gasteiger partial charge is 0.274 e. The second kappa shape index (κ2) is 7.52. The van der Waals surface area contributed by atoms with Crippen molar-refractivity contribution in [2.75, 3.05) is 19.8 Å². The average Bonchev–Trinajstić information content (AvgIpc) is 3.19. The van der Waals surface area contributed by atoms with Gasteiger partial charge in [-0.1, -0.05) is 6.07 Å². The Morgan fingerprint density at radius 3 is 2.70 bits per heavy atom. The largest absolute Gasteiger partial charge is 0.503 e. The molecule has 0 spiro atoms. The molecule has 30 heavy (non-hydrogen) atoms. The van der Waals surface area contributed by atoms with E-state index in [1.165, 1.54) is 21.7 Å². The Morgan fingerprint density at radius 1 is 1.27 bits per heavy atom. The Labute approximate surface area is 169 Å². The van der Waals surface area contributed by atoms with Gasteiger partial charge in [0.2, 0.25) is 5.43 Å². The van der Waals surface area contributed by atoms with Crippen molar-refractivity contribution in [2.45, 2.75) is 25.6 Å². The van der Waals surface area contributed by atoms with E-state index in [4.69, 9.17) is 4.74 Å². The van der Waals surface area contributed by atoms with Gasteiger partial charge in [0.25, 0.3) is 11.8 Å². The van der Waals surface area contributed by atoms with Crippen LogP contribution in [-0.4, -0.2) is 52.2 Å². The predicted octanol–water partition coefficient (Wildman–Crippen LogP) is 1.18. The highest BCUT2D eigenvalue weighted by molar-refractivity contribution is 5.99. The van der Waals surface area contributed by atoms with Crippen molar-refractivity contribution >= 4 is 11.8 Å². The molecule has 2 amide bonds. The normalized spacial score (nSPS) is 20.1. The van der Waals surface area contributed by atoms with Crippen LogP contribution in [0.3, 0.4) is 0 Å². The second-order valence-corrected chi connectivity index (χ2v) is 7.16. The minimum Gasteiger partial charge on any atom is -0.503 e. The van der Waals surface area contributed by atoms with Gasteiger partial charge in [-0.05, 0) is 13.0 Å². The van der Waals surface area contributed by atoms with E-state index < -0.39 is 34.6 Å². The number of hydrogen-bond donors (Lipinski definition) is 2. The van der Waals surface area contributed by atoms with Gasteiger partial charge in [0.05, 0.1) is 25.3 Å². The van der Waals surface area contributed by atoms with Crippen molar-refractivity contribution in [2.24, 2.45) is 0 Å². The topological polar surface area (TPSA) is 101 Å². The lowest BCUT2D eigenvalue weighted by molar-refractivity contribution is 0.0569. The zero-order valence-electron chi connectivity index (χ0n) is 16.0. The zero-order chi connectivity index (χ0) is 21.6. The number of aromatic nitrogens is 1. The number of aromatic hydroxyl groups is 1. The number of amides is 2. The molecule has 1 saturated heterocycles. The molecule has 10 heteroatoms. The summed E-state index contributed by atoms with van der Waals surface area (Å²) >= 11 is 0. The number of hydrogen-bond acceptors (Lipinski definition) is 5. The van der Waals surface area contributed by atoms with Crippen molar-refractivity contribution in [3.05, 3.63) is 63.1 Å². The van der Waals surface area contributed by atoms with Crippen LogP contribution in [0.2, 0.25) is 0 Å². The monoisotopic (exact) mass is 419 g/mol. The first-order chi connectivity index (χ1) is 14.3. The molecule has 3 heterocycles. The summed E-state index contributed by atoms with van der Waals surface area (Å²) in [7, 11) is 0. The Bertz CT molecular complexity index is 1100. The summed E-state index contributed by atoms with van der Waals surface area (Å²) in [6, 6.07) is 2.29. The molecule has 2 atom stereocenters. The maximum atomic E-state index is 13.8. The number of pyridine rings is 1. The summed E-state index contributed by atoms with van der Waals surface area (Å²) in [5.41, 5.74) is -1.54. The second-order valence-electron chi connectivity index (χ2n) is 7.16. The third kappa shape index (κ3) is 3.13. The van der Waals surface area contributed by atoms with Crippen molar-refractivity contribution < 1.29 is 28.2 Å². The summed E-state index contributed by atoms with van der Waals surface area (Å²) in [4.78, 5) is 39.5. The van der Waals surface area contributed by atoms with Gasteiger partial charge in [-0.25, -0.2) is 8.78 Å². The highest BCUT2D eigenvalue weighted by atomic mass is 19.1. The van der Waals surface area contributed by atoms with Crippen LogP contribution in [0.4, 0.5) is 8.78 Å². The molecular weight excluding hydrogens is 400 g/mol. The van der Waals surface area contributed by atoms with Crippen molar-refractivity contribution in [3.8, 4) is 5.75 Å². The molecule has 1 aromatic carbocycles. The first-order valence-electron chi connectivity index (χ1n) is 9.42. The molecule has 2 aliphatic rings. The minimum atomic E-state index is -1.000. The van der Waals surface area contributed by atoms with Crippen LogP contribution in [0.5, 0.6) is 5.75 Å². The van der Waals surface area contributed by atoms with Gasteiger partial charge in [-0.2, -0.15) is 0 Å². The summed E-state index contributed by atoms with van der Waals surface area (Å²) in [6.45, 7) is 2.44. The molecule has 0 bridgehead atoms. The lowest BCUT2D eigenvalue weighted by atomic mass is 10.0. The van der Waals surface area contributed by atoms with Crippen LogP contribution < -0.4 is 10.7 Å². The number of benzene rings is 1. The van der Waals surface area contributed by atoms with E-state index >= 15 is 0 Å². The molecule has 158 valence electrons. The molecule has 2 unspecified atom stereocenters. The molecule has 0 radical (unpaired) electrons. The molecule has 4 rings (SSSR count). The van der Waals surface area contributed by atoms with E-state index in [0.29, 0.717) is 19.2 Å². The number of nitrogens with zero attached hydrogens (tertiary/aromatic N) is 2. The number of ether oxygens (including phenoxy) is 1. The third-order valence-corrected chi connectivity index (χ3v) is 5.49. The van der Waals surface area contributed by atoms with Crippen molar-refractivity contribution in [1.82, 2.24) is 14.8 Å². The molecule has 2 N–H and O–H groups in total. The van der Waals surface area contributed by atoms with Crippen LogP contribution in [0.1, 0.15) is 39.4 Å². The quantitative estimate of drug-likeness (QED) is 0.775. The van der Waals surface area contributed by atoms with Crippen molar-refractivity contribution in [1.29, 1.82) is 0 Å². The fourth-order valence-corrected chi connectivity index (χ4v) is 3.95. The Kier molecular flexibility index (Phi) is 5.02. The molecule has 0 aliphatic carbocycles. The van der Waals surface area contributed by atoms with Gasteiger partial charge < -0.3 is 24.6 Å². The molecule has 0 saturated carbocycles. The Morgan fingerprint density at radius 2 is 2.00 bits per heavy atom. The maximum Gasteiger partial charge on any atom is 0.274 e. The van der Waals surface area contributed by atoms with Gasteiger partial charge >= 0.3 is 0 Å². The van der Waals surface area contributed by atoms with Gasteiger partial charge in [0, 0.05) is 30.9 Å². The first-order valence-corrected chi connectivity index (χ1v) is 9.42. The number of carbonyl (C=O) groups excluding carboxylic acids is 2. The Balaban J connectivity index is 1.68. The summed E-state index contributed by atoms with van der Waals surface area (Å²) < 4.78 is 33.7. The number of carbonyl (C=O) groups is 2. The first kappa shape index (κ1) is 20.0. The highest BCUT2D eigenvalue weighted by Gasteiger charge is 2.44. The van der Waals surface area contributed by atoms with E-state index in [2.05, 4.69) is 5.32 Å². The molecule has 2 aliphatic heterocycles. The van der Waals surface area contributed by atoms with E-state index in [1.54, 1.807) is 6.92 Å². The summed E-state index contributed by atoms with van der Waals surface area (Å²) in [5, 5.41) is 12.8. The van der Waals surface area contributed by atoms with Crippen LogP contribution in [0.25, 0.3) is 0 Å².